The zero-order valence-electron chi connectivity index (χ0n) is 36.2. The van der Waals surface area contributed by atoms with Gasteiger partial charge in [0.05, 0.1) is 29.8 Å². The molecule has 1 aromatic heterocycles. The summed E-state index contributed by atoms with van der Waals surface area (Å²) in [5.74, 6) is 0.228. The highest BCUT2D eigenvalue weighted by Crippen LogP contribution is 2.32. The van der Waals surface area contributed by atoms with Crippen molar-refractivity contribution in [2.45, 2.75) is 44.2 Å². The van der Waals surface area contributed by atoms with Crippen LogP contribution in [0.4, 0.5) is 4.79 Å². The number of aliphatic hydroxyl groups excluding tert-OH is 1. The molecule has 65 heavy (non-hydrogen) atoms. The predicted octanol–water partition coefficient (Wildman–Crippen LogP) is 6.47. The molecule has 3 atom stereocenters. The van der Waals surface area contributed by atoms with Gasteiger partial charge in [0.2, 0.25) is 5.56 Å². The number of aromatic hydroxyl groups is 1. The molecule has 0 radical (unpaired) electrons. The van der Waals surface area contributed by atoms with Crippen LogP contribution in [0.1, 0.15) is 73.5 Å². The van der Waals surface area contributed by atoms with Crippen LogP contribution in [0.25, 0.3) is 10.9 Å². The molecule has 2 bridgehead atoms. The van der Waals surface area contributed by atoms with Crippen LogP contribution >= 0.6 is 0 Å². The molecular weight excluding hydrogens is 827 g/mol. The topological polar surface area (TPSA) is 183 Å². The number of phenolic OH excluding ortho intramolecular Hbond substituents is 1. The van der Waals surface area contributed by atoms with E-state index in [0.717, 1.165) is 54.7 Å². The van der Waals surface area contributed by atoms with Crippen LogP contribution in [-0.2, 0) is 22.6 Å². The van der Waals surface area contributed by atoms with Gasteiger partial charge in [0.1, 0.15) is 30.8 Å². The quantitative estimate of drug-likeness (QED) is 0.0633. The number of rotatable bonds is 17. The molecule has 14 nitrogen and oxygen atoms in total. The smallest absolute Gasteiger partial charge is 0.408 e. The predicted molar refractivity (Wildman–Crippen MR) is 245 cm³/mol. The Balaban J connectivity index is 0.771. The first-order valence-corrected chi connectivity index (χ1v) is 21.9. The number of likely N-dealkylation sites (N-methyl/N-ethyl adjacent to an activating group) is 1. The van der Waals surface area contributed by atoms with Gasteiger partial charge in [-0.05, 0) is 108 Å². The number of fused-ring (bicyclic) bond motifs is 4. The number of carbonyl (C=O) groups excluding carboxylic acids is 3. The minimum absolute atomic E-state index is 0.00919. The highest BCUT2D eigenvalue weighted by Gasteiger charge is 2.37. The molecule has 2 unspecified atom stereocenters. The fourth-order valence-electron chi connectivity index (χ4n) is 8.48. The maximum atomic E-state index is 13.2. The van der Waals surface area contributed by atoms with Gasteiger partial charge >= 0.3 is 12.1 Å². The molecule has 3 fully saturated rings. The second-order valence-electron chi connectivity index (χ2n) is 16.6. The van der Waals surface area contributed by atoms with Crippen molar-refractivity contribution in [3.8, 4) is 11.5 Å². The van der Waals surface area contributed by atoms with Crippen LogP contribution in [0.5, 0.6) is 11.5 Å². The van der Waals surface area contributed by atoms with Crippen molar-refractivity contribution in [3.05, 3.63) is 177 Å². The molecule has 0 spiro atoms. The van der Waals surface area contributed by atoms with Gasteiger partial charge in [-0.3, -0.25) is 14.5 Å². The fraction of sp³-hybridized carbons (Fsp3) is 0.294. The molecule has 0 aliphatic carbocycles. The second-order valence-corrected chi connectivity index (χ2v) is 16.6. The van der Waals surface area contributed by atoms with Crippen molar-refractivity contribution in [2.75, 3.05) is 46.4 Å². The van der Waals surface area contributed by atoms with Crippen LogP contribution < -0.4 is 20.9 Å². The number of nitrogens with one attached hydrogen (secondary N) is 3. The summed E-state index contributed by atoms with van der Waals surface area (Å²) in [6.07, 6.45) is 0.678. The second kappa shape index (κ2) is 20.7. The van der Waals surface area contributed by atoms with E-state index < -0.39 is 24.2 Å². The van der Waals surface area contributed by atoms with Crippen molar-refractivity contribution in [3.63, 3.8) is 0 Å². The molecule has 3 saturated heterocycles. The number of hydrogen-bond donors (Lipinski definition) is 5. The average Bonchev–Trinajstić information content (AvgIpc) is 3.33. The van der Waals surface area contributed by atoms with E-state index in [9.17, 15) is 29.4 Å². The Morgan fingerprint density at radius 3 is 2.31 bits per heavy atom. The van der Waals surface area contributed by atoms with Gasteiger partial charge in [0.25, 0.3) is 5.91 Å². The normalized spacial score (nSPS) is 17.5. The van der Waals surface area contributed by atoms with E-state index in [-0.39, 0.29) is 55.1 Å². The SMILES string of the molecule is CN(CCOC(=O)c1ccc(COc2cccc(C(NC(=O)O[C@H]3CN4CCC3CC4)c3ccccc3)c2)cc1)C(=O)c1ccc(CNCC(O)c2ccc(O)c3[nH]c(=O)ccc23)cc1. The summed E-state index contributed by atoms with van der Waals surface area (Å²) in [5.41, 5.74) is 4.86. The lowest BCUT2D eigenvalue weighted by Gasteiger charge is -2.43. The van der Waals surface area contributed by atoms with E-state index in [1.165, 1.54) is 17.0 Å². The minimum atomic E-state index is -0.898. The maximum Gasteiger partial charge on any atom is 0.408 e. The molecule has 6 aromatic rings. The van der Waals surface area contributed by atoms with Gasteiger partial charge in [-0.25, -0.2) is 9.59 Å². The number of ether oxygens (including phenoxy) is 3. The highest BCUT2D eigenvalue weighted by molar-refractivity contribution is 5.94. The van der Waals surface area contributed by atoms with Crippen molar-refractivity contribution < 1.29 is 38.8 Å². The first-order valence-electron chi connectivity index (χ1n) is 21.9. The third kappa shape index (κ3) is 11.2. The van der Waals surface area contributed by atoms with Crippen LogP contribution in [0.15, 0.2) is 132 Å². The summed E-state index contributed by atoms with van der Waals surface area (Å²) in [6, 6.07) is 37.0. The minimum Gasteiger partial charge on any atom is -0.506 e. The van der Waals surface area contributed by atoms with E-state index in [4.69, 9.17) is 14.2 Å². The standard InChI is InChI=1S/C51H53N5O9/c1-55(49(60)37-14-10-33(11-15-37)29-52-30-44(58)41-18-20-43(57)48-42(41)19-21-46(59)53-48)26-27-63-50(61)38-16-12-34(13-17-38)32-64-40-9-5-8-39(28-40)47(36-6-3-2-4-7-36)54-51(62)65-45-31-56-24-22-35(45)23-25-56/h2-21,28,35,44-45,47,52,57-58H,22-27,29-32H2,1H3,(H,53,59)(H,54,62)/t44?,45-,47?/m0/s1. The maximum absolute atomic E-state index is 13.2. The average molecular weight is 880 g/mol. The Kier molecular flexibility index (Phi) is 14.2. The van der Waals surface area contributed by atoms with E-state index in [2.05, 4.69) is 20.5 Å². The molecular formula is C51H53N5O9. The number of H-pyrrole nitrogens is 1. The molecule has 4 heterocycles. The molecule has 3 aliphatic rings. The van der Waals surface area contributed by atoms with Gasteiger partial charge in [-0.1, -0.05) is 72.8 Å². The zero-order chi connectivity index (χ0) is 45.3. The van der Waals surface area contributed by atoms with Gasteiger partial charge in [0, 0.05) is 43.7 Å². The fourth-order valence-corrected chi connectivity index (χ4v) is 8.48. The summed E-state index contributed by atoms with van der Waals surface area (Å²) in [4.78, 5) is 57.4. The number of benzene rings is 5. The lowest BCUT2D eigenvalue weighted by atomic mass is 9.86. The van der Waals surface area contributed by atoms with Crippen LogP contribution in [-0.4, -0.2) is 95.4 Å². The first-order chi connectivity index (χ1) is 31.6. The Hall–Kier alpha value is -7.00. The van der Waals surface area contributed by atoms with E-state index in [1.54, 1.807) is 55.6 Å². The Bertz CT molecular complexity index is 2650. The number of phenols is 1. The van der Waals surface area contributed by atoms with E-state index in [1.807, 2.05) is 66.7 Å². The van der Waals surface area contributed by atoms with Crippen molar-refractivity contribution in [1.82, 2.24) is 25.4 Å². The van der Waals surface area contributed by atoms with Crippen molar-refractivity contribution in [1.29, 1.82) is 0 Å². The van der Waals surface area contributed by atoms with Crippen LogP contribution in [0, 0.1) is 5.92 Å². The number of hydrogen-bond acceptors (Lipinski definition) is 11. The molecule has 3 aliphatic heterocycles. The summed E-state index contributed by atoms with van der Waals surface area (Å²) >= 11 is 0. The van der Waals surface area contributed by atoms with Gasteiger partial charge < -0.3 is 44.9 Å². The molecule has 5 aromatic carbocycles. The Morgan fingerprint density at radius 2 is 1.57 bits per heavy atom. The number of aliphatic hydroxyl groups is 1. The summed E-state index contributed by atoms with van der Waals surface area (Å²) < 4.78 is 17.6. The molecule has 336 valence electrons. The summed E-state index contributed by atoms with van der Waals surface area (Å²) in [6.45, 7) is 4.01. The first kappa shape index (κ1) is 44.6. The van der Waals surface area contributed by atoms with Crippen LogP contribution in [0.3, 0.4) is 0 Å². The number of carbonyl (C=O) groups is 3. The third-order valence-electron chi connectivity index (χ3n) is 12.2. The number of piperidine rings is 3. The number of aromatic amines is 1. The Morgan fingerprint density at radius 1 is 0.846 bits per heavy atom. The van der Waals surface area contributed by atoms with Crippen molar-refractivity contribution >= 4 is 28.9 Å². The number of aromatic nitrogens is 1. The third-order valence-corrected chi connectivity index (χ3v) is 12.2. The van der Waals surface area contributed by atoms with Crippen LogP contribution in [0.2, 0.25) is 0 Å². The number of nitrogens with zero attached hydrogens (tertiary/aromatic N) is 2. The Labute approximate surface area is 376 Å². The molecule has 2 amide bonds. The number of pyridine rings is 1. The number of amides is 2. The van der Waals surface area contributed by atoms with Gasteiger partial charge in [-0.15, -0.1) is 0 Å². The summed E-state index contributed by atoms with van der Waals surface area (Å²) in [7, 11) is 1.64. The molecule has 5 N–H and O–H groups in total. The largest absolute Gasteiger partial charge is 0.506 e. The van der Waals surface area contributed by atoms with E-state index in [0.29, 0.717) is 40.3 Å². The zero-order valence-corrected chi connectivity index (χ0v) is 36.2. The van der Waals surface area contributed by atoms with E-state index >= 15 is 0 Å². The van der Waals surface area contributed by atoms with Crippen molar-refractivity contribution in [2.24, 2.45) is 5.92 Å². The number of esters is 1. The van der Waals surface area contributed by atoms with Gasteiger partial charge in [0.15, 0.2) is 0 Å². The summed E-state index contributed by atoms with van der Waals surface area (Å²) in [5, 5.41) is 27.8. The lowest BCUT2D eigenvalue weighted by molar-refractivity contribution is -0.0336. The van der Waals surface area contributed by atoms with Gasteiger partial charge in [-0.2, -0.15) is 0 Å². The molecule has 0 saturated carbocycles. The molecule has 9 rings (SSSR count). The lowest BCUT2D eigenvalue weighted by Crippen LogP contribution is -2.52. The monoisotopic (exact) mass is 879 g/mol. The highest BCUT2D eigenvalue weighted by atomic mass is 16.6. The molecule has 14 heteroatoms. The number of alkyl carbamates (subject to hydrolysis) is 1.